The molecular formula is C18H30IN3O. The summed E-state index contributed by atoms with van der Waals surface area (Å²) in [5.41, 5.74) is 2.52. The van der Waals surface area contributed by atoms with E-state index in [1.165, 1.54) is 24.0 Å². The Labute approximate surface area is 157 Å². The van der Waals surface area contributed by atoms with Crippen LogP contribution in [-0.4, -0.2) is 44.2 Å². The molecule has 1 saturated carbocycles. The van der Waals surface area contributed by atoms with Crippen molar-refractivity contribution in [2.75, 3.05) is 33.4 Å². The molecule has 5 heteroatoms. The molecular weight excluding hydrogens is 401 g/mol. The van der Waals surface area contributed by atoms with Crippen molar-refractivity contribution >= 4 is 29.9 Å². The SMILES string of the molecule is CCNC(=NCc1cccc(C)c1)N(C)CCOCC1CC1.I. The summed E-state index contributed by atoms with van der Waals surface area (Å²) in [5, 5.41) is 3.35. The van der Waals surface area contributed by atoms with Gasteiger partial charge in [-0.3, -0.25) is 0 Å². The summed E-state index contributed by atoms with van der Waals surface area (Å²) < 4.78 is 5.71. The third-order valence-electron chi connectivity index (χ3n) is 3.81. The Kier molecular flexibility index (Phi) is 9.55. The summed E-state index contributed by atoms with van der Waals surface area (Å²) >= 11 is 0. The van der Waals surface area contributed by atoms with E-state index in [1.807, 2.05) is 0 Å². The molecule has 0 spiro atoms. The molecule has 0 atom stereocenters. The van der Waals surface area contributed by atoms with Crippen molar-refractivity contribution in [3.05, 3.63) is 35.4 Å². The number of nitrogens with zero attached hydrogens (tertiary/aromatic N) is 2. The highest BCUT2D eigenvalue weighted by atomic mass is 127. The van der Waals surface area contributed by atoms with Crippen molar-refractivity contribution in [1.29, 1.82) is 0 Å². The van der Waals surface area contributed by atoms with Gasteiger partial charge in [-0.1, -0.05) is 29.8 Å². The number of benzene rings is 1. The number of hydrogen-bond acceptors (Lipinski definition) is 2. The minimum absolute atomic E-state index is 0. The van der Waals surface area contributed by atoms with E-state index in [-0.39, 0.29) is 24.0 Å². The Balaban J connectivity index is 0.00000264. The molecule has 0 bridgehead atoms. The molecule has 1 aliphatic rings. The topological polar surface area (TPSA) is 36.9 Å². The predicted molar refractivity (Wildman–Crippen MR) is 108 cm³/mol. The van der Waals surface area contributed by atoms with Crippen LogP contribution >= 0.6 is 24.0 Å². The van der Waals surface area contributed by atoms with E-state index in [0.717, 1.165) is 38.2 Å². The summed E-state index contributed by atoms with van der Waals surface area (Å²) in [6.07, 6.45) is 2.69. The molecule has 0 unspecified atom stereocenters. The molecule has 23 heavy (non-hydrogen) atoms. The maximum atomic E-state index is 5.71. The van der Waals surface area contributed by atoms with Gasteiger partial charge >= 0.3 is 0 Å². The normalized spacial score (nSPS) is 14.3. The van der Waals surface area contributed by atoms with E-state index in [1.54, 1.807) is 0 Å². The number of rotatable bonds is 8. The van der Waals surface area contributed by atoms with Gasteiger partial charge < -0.3 is 15.0 Å². The van der Waals surface area contributed by atoms with E-state index in [4.69, 9.17) is 9.73 Å². The molecule has 2 rings (SSSR count). The largest absolute Gasteiger partial charge is 0.379 e. The number of aryl methyl sites for hydroxylation is 1. The maximum Gasteiger partial charge on any atom is 0.194 e. The van der Waals surface area contributed by atoms with Gasteiger partial charge in [0.1, 0.15) is 0 Å². The van der Waals surface area contributed by atoms with Gasteiger partial charge in [-0.05, 0) is 38.2 Å². The molecule has 1 aromatic carbocycles. The number of guanidine groups is 1. The Bertz CT molecular complexity index is 489. The average molecular weight is 431 g/mol. The van der Waals surface area contributed by atoms with Gasteiger partial charge in [-0.2, -0.15) is 0 Å². The Hall–Kier alpha value is -0.820. The fourth-order valence-corrected chi connectivity index (χ4v) is 2.29. The molecule has 0 heterocycles. The Morgan fingerprint density at radius 3 is 2.83 bits per heavy atom. The van der Waals surface area contributed by atoms with Gasteiger partial charge in [0.05, 0.1) is 13.2 Å². The summed E-state index contributed by atoms with van der Waals surface area (Å²) in [4.78, 5) is 6.87. The van der Waals surface area contributed by atoms with Crippen LogP contribution < -0.4 is 5.32 Å². The smallest absolute Gasteiger partial charge is 0.194 e. The third-order valence-corrected chi connectivity index (χ3v) is 3.81. The van der Waals surface area contributed by atoms with Crippen LogP contribution in [0.25, 0.3) is 0 Å². The first-order valence-corrected chi connectivity index (χ1v) is 8.31. The molecule has 130 valence electrons. The van der Waals surface area contributed by atoms with Crippen LogP contribution in [0.15, 0.2) is 29.3 Å². The summed E-state index contributed by atoms with van der Waals surface area (Å²) in [6, 6.07) is 8.51. The lowest BCUT2D eigenvalue weighted by atomic mass is 10.1. The van der Waals surface area contributed by atoms with E-state index < -0.39 is 0 Å². The Morgan fingerprint density at radius 2 is 2.17 bits per heavy atom. The van der Waals surface area contributed by atoms with Crippen LogP contribution in [0.1, 0.15) is 30.9 Å². The van der Waals surface area contributed by atoms with Crippen LogP contribution in [-0.2, 0) is 11.3 Å². The second kappa shape index (κ2) is 10.9. The quantitative estimate of drug-likeness (QED) is 0.297. The standard InChI is InChI=1S/C18H29N3O.HI/c1-4-19-18(20-13-17-7-5-6-15(2)12-17)21(3)10-11-22-14-16-8-9-16;/h5-7,12,16H,4,8-11,13-14H2,1-3H3,(H,19,20);1H. The average Bonchev–Trinajstić information content (AvgIpc) is 3.32. The monoisotopic (exact) mass is 431 g/mol. The van der Waals surface area contributed by atoms with Crippen LogP contribution in [0.4, 0.5) is 0 Å². The summed E-state index contributed by atoms with van der Waals surface area (Å²) in [5.74, 6) is 1.77. The molecule has 0 radical (unpaired) electrons. The number of hydrogen-bond donors (Lipinski definition) is 1. The van der Waals surface area contributed by atoms with E-state index in [0.29, 0.717) is 6.54 Å². The first kappa shape index (κ1) is 20.2. The number of ether oxygens (including phenoxy) is 1. The number of nitrogens with one attached hydrogen (secondary N) is 1. The van der Waals surface area contributed by atoms with Crippen LogP contribution in [0.5, 0.6) is 0 Å². The van der Waals surface area contributed by atoms with E-state index in [9.17, 15) is 0 Å². The minimum Gasteiger partial charge on any atom is -0.379 e. The van der Waals surface area contributed by atoms with Crippen LogP contribution in [0.2, 0.25) is 0 Å². The zero-order chi connectivity index (χ0) is 15.8. The lowest BCUT2D eigenvalue weighted by Crippen LogP contribution is -2.40. The molecule has 0 saturated heterocycles. The van der Waals surface area contributed by atoms with Gasteiger partial charge in [-0.15, -0.1) is 24.0 Å². The zero-order valence-corrected chi connectivity index (χ0v) is 16.9. The first-order valence-electron chi connectivity index (χ1n) is 8.31. The van der Waals surface area contributed by atoms with E-state index >= 15 is 0 Å². The lowest BCUT2D eigenvalue weighted by Gasteiger charge is -2.22. The van der Waals surface area contributed by atoms with Crippen molar-refractivity contribution in [2.24, 2.45) is 10.9 Å². The highest BCUT2D eigenvalue weighted by molar-refractivity contribution is 14.0. The lowest BCUT2D eigenvalue weighted by molar-refractivity contribution is 0.115. The number of aliphatic imine (C=N–C) groups is 1. The Morgan fingerprint density at radius 1 is 1.39 bits per heavy atom. The molecule has 1 fully saturated rings. The highest BCUT2D eigenvalue weighted by Crippen LogP contribution is 2.28. The predicted octanol–water partition coefficient (Wildman–Crippen LogP) is 3.44. The molecule has 0 amide bonds. The fraction of sp³-hybridized carbons (Fsp3) is 0.611. The molecule has 1 N–H and O–H groups in total. The second-order valence-electron chi connectivity index (χ2n) is 6.10. The van der Waals surface area contributed by atoms with Crippen molar-refractivity contribution in [2.45, 2.75) is 33.2 Å². The van der Waals surface area contributed by atoms with Gasteiger partial charge in [0.25, 0.3) is 0 Å². The minimum atomic E-state index is 0. The van der Waals surface area contributed by atoms with Gasteiger partial charge in [0.15, 0.2) is 5.96 Å². The van der Waals surface area contributed by atoms with Crippen molar-refractivity contribution in [1.82, 2.24) is 10.2 Å². The highest BCUT2D eigenvalue weighted by Gasteiger charge is 2.21. The van der Waals surface area contributed by atoms with Crippen molar-refractivity contribution < 1.29 is 4.74 Å². The fourth-order valence-electron chi connectivity index (χ4n) is 2.29. The van der Waals surface area contributed by atoms with Gasteiger partial charge in [0, 0.05) is 26.7 Å². The zero-order valence-electron chi connectivity index (χ0n) is 14.5. The van der Waals surface area contributed by atoms with Crippen molar-refractivity contribution in [3.8, 4) is 0 Å². The number of likely N-dealkylation sites (N-methyl/N-ethyl adjacent to an activating group) is 1. The van der Waals surface area contributed by atoms with Crippen molar-refractivity contribution in [3.63, 3.8) is 0 Å². The third kappa shape index (κ3) is 8.01. The van der Waals surface area contributed by atoms with Crippen LogP contribution in [0, 0.1) is 12.8 Å². The van der Waals surface area contributed by atoms with Gasteiger partial charge in [-0.25, -0.2) is 4.99 Å². The molecule has 1 aromatic rings. The molecule has 1 aliphatic carbocycles. The number of halogens is 1. The summed E-state index contributed by atoms with van der Waals surface area (Å²) in [7, 11) is 2.07. The van der Waals surface area contributed by atoms with Gasteiger partial charge in [0.2, 0.25) is 0 Å². The molecule has 0 aliphatic heterocycles. The summed E-state index contributed by atoms with van der Waals surface area (Å²) in [6.45, 7) is 8.34. The van der Waals surface area contributed by atoms with Crippen LogP contribution in [0.3, 0.4) is 0 Å². The van der Waals surface area contributed by atoms with E-state index in [2.05, 4.69) is 55.4 Å². The maximum absolute atomic E-state index is 5.71. The first-order chi connectivity index (χ1) is 10.7. The second-order valence-corrected chi connectivity index (χ2v) is 6.10. The molecule has 0 aromatic heterocycles. The molecule has 4 nitrogen and oxygen atoms in total.